The highest BCUT2D eigenvalue weighted by Gasteiger charge is 2.27. The molecule has 1 amide bonds. The summed E-state index contributed by atoms with van der Waals surface area (Å²) in [6.07, 6.45) is 0. The van der Waals surface area contributed by atoms with Crippen LogP contribution in [-0.4, -0.2) is 17.1 Å². The van der Waals surface area contributed by atoms with Gasteiger partial charge in [0.1, 0.15) is 5.75 Å². The van der Waals surface area contributed by atoms with Crippen molar-refractivity contribution in [3.8, 4) is 5.75 Å². The topological polar surface area (TPSA) is 75.4 Å². The molecule has 0 saturated carbocycles. The van der Waals surface area contributed by atoms with E-state index in [2.05, 4.69) is 5.32 Å². The Morgan fingerprint density at radius 2 is 2.00 bits per heavy atom. The van der Waals surface area contributed by atoms with Gasteiger partial charge < -0.3 is 16.2 Å². The van der Waals surface area contributed by atoms with Crippen molar-refractivity contribution in [2.24, 2.45) is 11.1 Å². The quantitative estimate of drug-likeness (QED) is 0.735. The van der Waals surface area contributed by atoms with Crippen molar-refractivity contribution >= 4 is 11.6 Å². The first-order chi connectivity index (χ1) is 7.71. The minimum atomic E-state index is -0.592. The van der Waals surface area contributed by atoms with Crippen molar-refractivity contribution in [2.75, 3.05) is 5.32 Å². The molecule has 0 aliphatic carbocycles. The van der Waals surface area contributed by atoms with Crippen molar-refractivity contribution in [3.63, 3.8) is 0 Å². The van der Waals surface area contributed by atoms with Crippen molar-refractivity contribution < 1.29 is 9.90 Å². The summed E-state index contributed by atoms with van der Waals surface area (Å²) in [5.41, 5.74) is 6.86. The van der Waals surface area contributed by atoms with Crippen LogP contribution in [0.5, 0.6) is 5.75 Å². The molecule has 0 aliphatic heterocycles. The average Bonchev–Trinajstić information content (AvgIpc) is 2.21. The van der Waals surface area contributed by atoms with E-state index in [0.29, 0.717) is 5.69 Å². The summed E-state index contributed by atoms with van der Waals surface area (Å²) in [5.74, 6) is -0.0899. The number of anilines is 1. The number of hydrogen-bond donors (Lipinski definition) is 3. The molecule has 1 unspecified atom stereocenters. The zero-order chi connectivity index (χ0) is 13.2. The van der Waals surface area contributed by atoms with Gasteiger partial charge in [-0.2, -0.15) is 0 Å². The molecule has 4 heteroatoms. The van der Waals surface area contributed by atoms with E-state index in [4.69, 9.17) is 5.73 Å². The summed E-state index contributed by atoms with van der Waals surface area (Å²) in [7, 11) is 0. The van der Waals surface area contributed by atoms with Crippen LogP contribution >= 0.6 is 0 Å². The van der Waals surface area contributed by atoms with E-state index in [9.17, 15) is 9.90 Å². The third-order valence-corrected chi connectivity index (χ3v) is 2.69. The zero-order valence-electron chi connectivity index (χ0n) is 10.7. The molecule has 4 nitrogen and oxygen atoms in total. The van der Waals surface area contributed by atoms with Gasteiger partial charge in [0.25, 0.3) is 0 Å². The predicted octanol–water partition coefficient (Wildman–Crippen LogP) is 2.01. The van der Waals surface area contributed by atoms with Crippen molar-refractivity contribution in [1.82, 2.24) is 0 Å². The standard InChI is InChI=1S/C13H20N2O2/c1-8-5-6-9(7-10(8)16)15-12(17)11(14)13(2,3)4/h5-7,11,16H,14H2,1-4H3,(H,15,17). The van der Waals surface area contributed by atoms with Crippen molar-refractivity contribution in [2.45, 2.75) is 33.7 Å². The van der Waals surface area contributed by atoms with Gasteiger partial charge >= 0.3 is 0 Å². The van der Waals surface area contributed by atoms with E-state index in [1.165, 1.54) is 6.07 Å². The molecular formula is C13H20N2O2. The Morgan fingerprint density at radius 3 is 2.47 bits per heavy atom. The minimum absolute atomic E-state index is 0.159. The molecule has 0 bridgehead atoms. The maximum Gasteiger partial charge on any atom is 0.241 e. The smallest absolute Gasteiger partial charge is 0.241 e. The van der Waals surface area contributed by atoms with Gasteiger partial charge in [-0.05, 0) is 24.0 Å². The lowest BCUT2D eigenvalue weighted by molar-refractivity contribution is -0.119. The monoisotopic (exact) mass is 236 g/mol. The number of nitrogens with two attached hydrogens (primary N) is 1. The number of aromatic hydroxyl groups is 1. The molecule has 0 aliphatic rings. The van der Waals surface area contributed by atoms with E-state index in [-0.39, 0.29) is 17.1 Å². The third-order valence-electron chi connectivity index (χ3n) is 2.69. The number of aryl methyl sites for hydroxylation is 1. The van der Waals surface area contributed by atoms with E-state index < -0.39 is 6.04 Å². The molecule has 0 saturated heterocycles. The summed E-state index contributed by atoms with van der Waals surface area (Å²) in [6.45, 7) is 7.51. The summed E-state index contributed by atoms with van der Waals surface area (Å²) >= 11 is 0. The maximum absolute atomic E-state index is 11.8. The van der Waals surface area contributed by atoms with E-state index >= 15 is 0 Å². The highest BCUT2D eigenvalue weighted by atomic mass is 16.3. The number of phenolic OH excluding ortho intramolecular Hbond substituents is 1. The van der Waals surface area contributed by atoms with Gasteiger partial charge in [-0.25, -0.2) is 0 Å². The molecule has 1 aromatic carbocycles. The van der Waals surface area contributed by atoms with Gasteiger partial charge in [0.15, 0.2) is 0 Å². The van der Waals surface area contributed by atoms with Crippen LogP contribution in [0.15, 0.2) is 18.2 Å². The summed E-state index contributed by atoms with van der Waals surface area (Å²) < 4.78 is 0. The van der Waals surface area contributed by atoms with Crippen LogP contribution in [0.4, 0.5) is 5.69 Å². The van der Waals surface area contributed by atoms with Crippen LogP contribution in [0.25, 0.3) is 0 Å². The predicted molar refractivity (Wildman–Crippen MR) is 68.9 cm³/mol. The lowest BCUT2D eigenvalue weighted by Gasteiger charge is -2.25. The molecule has 1 rings (SSSR count). The molecule has 4 N–H and O–H groups in total. The summed E-state index contributed by atoms with van der Waals surface area (Å²) in [5, 5.41) is 12.2. The van der Waals surface area contributed by atoms with Crippen LogP contribution < -0.4 is 11.1 Å². The fourth-order valence-electron chi connectivity index (χ4n) is 1.30. The number of phenols is 1. The van der Waals surface area contributed by atoms with Crippen LogP contribution in [0, 0.1) is 12.3 Å². The molecule has 1 aromatic rings. The number of hydrogen-bond acceptors (Lipinski definition) is 3. The second-order valence-electron chi connectivity index (χ2n) is 5.33. The first kappa shape index (κ1) is 13.5. The number of nitrogens with one attached hydrogen (secondary N) is 1. The van der Waals surface area contributed by atoms with E-state index in [0.717, 1.165) is 5.56 Å². The number of amides is 1. The van der Waals surface area contributed by atoms with Gasteiger partial charge in [-0.15, -0.1) is 0 Å². The van der Waals surface area contributed by atoms with Crippen LogP contribution in [0.2, 0.25) is 0 Å². The lowest BCUT2D eigenvalue weighted by atomic mass is 9.87. The minimum Gasteiger partial charge on any atom is -0.508 e. The van der Waals surface area contributed by atoms with Gasteiger partial charge in [-0.3, -0.25) is 4.79 Å². The molecule has 94 valence electrons. The third kappa shape index (κ3) is 3.46. The highest BCUT2D eigenvalue weighted by molar-refractivity contribution is 5.95. The maximum atomic E-state index is 11.8. The molecular weight excluding hydrogens is 216 g/mol. The van der Waals surface area contributed by atoms with Gasteiger partial charge in [0.05, 0.1) is 6.04 Å². The Kier molecular flexibility index (Phi) is 3.78. The van der Waals surface area contributed by atoms with Crippen LogP contribution in [0.3, 0.4) is 0 Å². The normalized spacial score (nSPS) is 13.2. The Labute approximate surface area is 102 Å². The number of benzene rings is 1. The molecule has 0 fully saturated rings. The molecule has 17 heavy (non-hydrogen) atoms. The van der Waals surface area contributed by atoms with Crippen LogP contribution in [0.1, 0.15) is 26.3 Å². The largest absolute Gasteiger partial charge is 0.508 e. The first-order valence-corrected chi connectivity index (χ1v) is 5.58. The number of carbonyl (C=O) groups excluding carboxylic acids is 1. The van der Waals surface area contributed by atoms with Crippen LogP contribution in [-0.2, 0) is 4.79 Å². The molecule has 0 spiro atoms. The Hall–Kier alpha value is -1.55. The molecule has 0 heterocycles. The Balaban J connectivity index is 2.78. The summed E-state index contributed by atoms with van der Waals surface area (Å²) in [4.78, 5) is 11.8. The fraction of sp³-hybridized carbons (Fsp3) is 0.462. The fourth-order valence-corrected chi connectivity index (χ4v) is 1.30. The Morgan fingerprint density at radius 1 is 1.41 bits per heavy atom. The number of carbonyl (C=O) groups is 1. The highest BCUT2D eigenvalue weighted by Crippen LogP contribution is 2.22. The summed E-state index contributed by atoms with van der Waals surface area (Å²) in [6, 6.07) is 4.41. The molecule has 0 radical (unpaired) electrons. The second kappa shape index (κ2) is 4.75. The molecule has 0 aromatic heterocycles. The van der Waals surface area contributed by atoms with E-state index in [1.807, 2.05) is 20.8 Å². The van der Waals surface area contributed by atoms with Gasteiger partial charge in [0, 0.05) is 11.8 Å². The molecule has 1 atom stereocenters. The Bertz CT molecular complexity index is 422. The van der Waals surface area contributed by atoms with Gasteiger partial charge in [0.2, 0.25) is 5.91 Å². The second-order valence-corrected chi connectivity index (χ2v) is 5.33. The average molecular weight is 236 g/mol. The van der Waals surface area contributed by atoms with Crippen molar-refractivity contribution in [3.05, 3.63) is 23.8 Å². The zero-order valence-corrected chi connectivity index (χ0v) is 10.7. The van der Waals surface area contributed by atoms with Crippen molar-refractivity contribution in [1.29, 1.82) is 0 Å². The SMILES string of the molecule is Cc1ccc(NC(=O)C(N)C(C)(C)C)cc1O. The van der Waals surface area contributed by atoms with Gasteiger partial charge in [-0.1, -0.05) is 26.8 Å². The number of rotatable bonds is 2. The lowest BCUT2D eigenvalue weighted by Crippen LogP contribution is -2.45. The van der Waals surface area contributed by atoms with E-state index in [1.54, 1.807) is 19.1 Å². The first-order valence-electron chi connectivity index (χ1n) is 5.58.